The first kappa shape index (κ1) is 17.6. The van der Waals surface area contributed by atoms with Crippen LogP contribution in [0.15, 0.2) is 0 Å². The highest BCUT2D eigenvalue weighted by atomic mass is 31.2. The number of carbonyl (C=O) groups excluding carboxylic acids is 1. The quantitative estimate of drug-likeness (QED) is 0.368. The van der Waals surface area contributed by atoms with Crippen molar-refractivity contribution < 1.29 is 23.1 Å². The van der Waals surface area contributed by atoms with E-state index in [1.165, 1.54) is 13.8 Å². The van der Waals surface area contributed by atoms with E-state index >= 15 is 0 Å². The van der Waals surface area contributed by atoms with E-state index in [1.807, 2.05) is 6.92 Å². The molecule has 0 radical (unpaired) electrons. The van der Waals surface area contributed by atoms with Gasteiger partial charge in [-0.2, -0.15) is 0 Å². The van der Waals surface area contributed by atoms with E-state index in [-0.39, 0.29) is 13.2 Å². The highest BCUT2D eigenvalue weighted by Gasteiger charge is 2.50. The van der Waals surface area contributed by atoms with Gasteiger partial charge in [-0.05, 0) is 34.1 Å². The fraction of sp³-hybridized carbons (Fsp3) is 0.917. The second-order valence-electron chi connectivity index (χ2n) is 4.38. The van der Waals surface area contributed by atoms with Crippen LogP contribution in [0.4, 0.5) is 0 Å². The molecule has 108 valence electrons. The molecule has 0 fully saturated rings. The number of esters is 1. The summed E-state index contributed by atoms with van der Waals surface area (Å²) in [6, 6.07) is 0. The van der Waals surface area contributed by atoms with E-state index in [9.17, 15) is 9.36 Å². The van der Waals surface area contributed by atoms with Gasteiger partial charge in [0.15, 0.2) is 5.16 Å². The molecule has 0 aliphatic rings. The van der Waals surface area contributed by atoms with Crippen molar-refractivity contribution >= 4 is 13.6 Å². The van der Waals surface area contributed by atoms with E-state index in [0.717, 1.165) is 12.8 Å². The molecular formula is C12H25O5P. The van der Waals surface area contributed by atoms with Gasteiger partial charge in [0.05, 0.1) is 19.8 Å². The Labute approximate surface area is 110 Å². The maximum absolute atomic E-state index is 12.6. The van der Waals surface area contributed by atoms with Crippen LogP contribution in [-0.2, 0) is 23.1 Å². The lowest BCUT2D eigenvalue weighted by Crippen LogP contribution is -2.35. The molecule has 5 nitrogen and oxygen atoms in total. The van der Waals surface area contributed by atoms with E-state index in [4.69, 9.17) is 13.8 Å². The maximum atomic E-state index is 12.6. The summed E-state index contributed by atoms with van der Waals surface area (Å²) in [6.07, 6.45) is 1.72. The molecule has 0 aliphatic carbocycles. The van der Waals surface area contributed by atoms with Crippen molar-refractivity contribution in [3.8, 4) is 0 Å². The molecule has 0 N–H and O–H groups in total. The predicted molar refractivity (Wildman–Crippen MR) is 70.8 cm³/mol. The van der Waals surface area contributed by atoms with Gasteiger partial charge in [-0.15, -0.1) is 0 Å². The molecule has 0 rings (SSSR count). The second-order valence-corrected chi connectivity index (χ2v) is 7.01. The Morgan fingerprint density at radius 3 is 2.00 bits per heavy atom. The third-order valence-electron chi connectivity index (χ3n) is 2.51. The standard InChI is InChI=1S/C12H25O5P/c1-6-9-10-15-11(13)12(4,5)18(14,16-7-2)17-8-3/h6-10H2,1-5H3. The first-order valence-electron chi connectivity index (χ1n) is 6.42. The summed E-state index contributed by atoms with van der Waals surface area (Å²) < 4.78 is 28.1. The first-order valence-corrected chi connectivity index (χ1v) is 7.96. The molecule has 0 aromatic rings. The third kappa shape index (κ3) is 4.38. The van der Waals surface area contributed by atoms with Gasteiger partial charge in [-0.25, -0.2) is 0 Å². The van der Waals surface area contributed by atoms with Crippen LogP contribution in [0.5, 0.6) is 0 Å². The van der Waals surface area contributed by atoms with Crippen LogP contribution in [0.3, 0.4) is 0 Å². The van der Waals surface area contributed by atoms with E-state index in [2.05, 4.69) is 0 Å². The molecule has 6 heteroatoms. The minimum Gasteiger partial charge on any atom is -0.465 e. The molecule has 0 atom stereocenters. The van der Waals surface area contributed by atoms with Crippen LogP contribution in [-0.4, -0.2) is 30.9 Å². The number of ether oxygens (including phenoxy) is 1. The van der Waals surface area contributed by atoms with Crippen molar-refractivity contribution in [2.45, 2.75) is 52.6 Å². The van der Waals surface area contributed by atoms with E-state index in [0.29, 0.717) is 6.61 Å². The van der Waals surface area contributed by atoms with E-state index in [1.54, 1.807) is 13.8 Å². The number of carbonyl (C=O) groups is 1. The van der Waals surface area contributed by atoms with Crippen LogP contribution in [0, 0.1) is 0 Å². The number of unbranched alkanes of at least 4 members (excludes halogenated alkanes) is 1. The number of hydrogen-bond donors (Lipinski definition) is 0. The molecular weight excluding hydrogens is 255 g/mol. The van der Waals surface area contributed by atoms with Gasteiger partial charge in [0.1, 0.15) is 0 Å². The van der Waals surface area contributed by atoms with Crippen molar-refractivity contribution in [2.24, 2.45) is 0 Å². The molecule has 0 saturated carbocycles. The monoisotopic (exact) mass is 280 g/mol. The SMILES string of the molecule is CCCCOC(=O)C(C)(C)P(=O)(OCC)OCC. The molecule has 0 aliphatic heterocycles. The summed E-state index contributed by atoms with van der Waals surface area (Å²) in [7, 11) is -3.50. The van der Waals surface area contributed by atoms with Crippen molar-refractivity contribution in [3.05, 3.63) is 0 Å². The maximum Gasteiger partial charge on any atom is 0.347 e. The Morgan fingerprint density at radius 1 is 1.11 bits per heavy atom. The van der Waals surface area contributed by atoms with Gasteiger partial charge >= 0.3 is 13.6 Å². The van der Waals surface area contributed by atoms with Crippen LogP contribution >= 0.6 is 7.60 Å². The summed E-state index contributed by atoms with van der Waals surface area (Å²) >= 11 is 0. The van der Waals surface area contributed by atoms with Gasteiger partial charge in [-0.1, -0.05) is 13.3 Å². The highest BCUT2D eigenvalue weighted by Crippen LogP contribution is 2.60. The van der Waals surface area contributed by atoms with E-state index < -0.39 is 18.7 Å². The molecule has 0 unspecified atom stereocenters. The molecule has 0 bridgehead atoms. The summed E-state index contributed by atoms with van der Waals surface area (Å²) in [6.45, 7) is 9.28. The third-order valence-corrected chi connectivity index (χ3v) is 5.26. The zero-order valence-electron chi connectivity index (χ0n) is 12.0. The van der Waals surface area contributed by atoms with Crippen LogP contribution in [0.2, 0.25) is 0 Å². The normalized spacial score (nSPS) is 12.5. The summed E-state index contributed by atoms with van der Waals surface area (Å²) in [5.41, 5.74) is 0. The number of hydrogen-bond acceptors (Lipinski definition) is 5. The Kier molecular flexibility index (Phi) is 7.76. The largest absolute Gasteiger partial charge is 0.465 e. The molecule has 0 aromatic carbocycles. The Hall–Kier alpha value is -0.380. The lowest BCUT2D eigenvalue weighted by Gasteiger charge is -2.30. The average Bonchev–Trinajstić information content (AvgIpc) is 2.29. The van der Waals surface area contributed by atoms with Gasteiger partial charge in [0.25, 0.3) is 0 Å². The number of rotatable bonds is 9. The summed E-state index contributed by atoms with van der Waals surface area (Å²) in [4.78, 5) is 12.0. The molecule has 0 spiro atoms. The van der Waals surface area contributed by atoms with Crippen molar-refractivity contribution in [1.82, 2.24) is 0 Å². The van der Waals surface area contributed by atoms with Crippen LogP contribution < -0.4 is 0 Å². The zero-order valence-corrected chi connectivity index (χ0v) is 12.9. The lowest BCUT2D eigenvalue weighted by molar-refractivity contribution is -0.146. The minimum absolute atomic E-state index is 0.225. The molecule has 0 heterocycles. The summed E-state index contributed by atoms with van der Waals surface area (Å²) in [5.74, 6) is -0.541. The molecule has 0 saturated heterocycles. The van der Waals surface area contributed by atoms with Crippen LogP contribution in [0.1, 0.15) is 47.5 Å². The Balaban J connectivity index is 4.82. The Morgan fingerprint density at radius 2 is 1.61 bits per heavy atom. The molecule has 0 amide bonds. The summed E-state index contributed by atoms with van der Waals surface area (Å²) in [5, 5.41) is -1.28. The fourth-order valence-electron chi connectivity index (χ4n) is 1.30. The highest BCUT2D eigenvalue weighted by molar-refractivity contribution is 7.56. The minimum atomic E-state index is -3.50. The lowest BCUT2D eigenvalue weighted by atomic mass is 10.2. The van der Waals surface area contributed by atoms with Gasteiger partial charge < -0.3 is 13.8 Å². The van der Waals surface area contributed by atoms with Crippen LogP contribution in [0.25, 0.3) is 0 Å². The Bertz CT molecular complexity index is 291. The van der Waals surface area contributed by atoms with Crippen molar-refractivity contribution in [3.63, 3.8) is 0 Å². The van der Waals surface area contributed by atoms with Crippen molar-refractivity contribution in [1.29, 1.82) is 0 Å². The molecule has 0 aromatic heterocycles. The van der Waals surface area contributed by atoms with Gasteiger partial charge in [0, 0.05) is 0 Å². The second kappa shape index (κ2) is 7.93. The first-order chi connectivity index (χ1) is 8.35. The van der Waals surface area contributed by atoms with Crippen molar-refractivity contribution in [2.75, 3.05) is 19.8 Å². The zero-order chi connectivity index (χ0) is 14.2. The smallest absolute Gasteiger partial charge is 0.347 e. The van der Waals surface area contributed by atoms with Gasteiger partial charge in [-0.3, -0.25) is 9.36 Å². The molecule has 18 heavy (non-hydrogen) atoms. The topological polar surface area (TPSA) is 61.8 Å². The fourth-order valence-corrected chi connectivity index (χ4v) is 2.99. The predicted octanol–water partition coefficient (Wildman–Crippen LogP) is 3.37. The average molecular weight is 280 g/mol. The van der Waals surface area contributed by atoms with Gasteiger partial charge in [0.2, 0.25) is 0 Å².